The molecule has 7 heteroatoms. The normalized spacial score (nSPS) is 20.4. The van der Waals surface area contributed by atoms with E-state index in [2.05, 4.69) is 0 Å². The zero-order chi connectivity index (χ0) is 17.9. The molecular formula is C17H24N2O4S. The van der Waals surface area contributed by atoms with Gasteiger partial charge in [0.15, 0.2) is 9.84 Å². The zero-order valence-electron chi connectivity index (χ0n) is 14.3. The van der Waals surface area contributed by atoms with Gasteiger partial charge in [-0.3, -0.25) is 9.59 Å². The van der Waals surface area contributed by atoms with Gasteiger partial charge in [-0.25, -0.2) is 8.42 Å². The van der Waals surface area contributed by atoms with Crippen LogP contribution in [-0.4, -0.2) is 61.2 Å². The van der Waals surface area contributed by atoms with E-state index in [1.807, 2.05) is 37.3 Å². The average molecular weight is 352 g/mol. The molecule has 2 amide bonds. The van der Waals surface area contributed by atoms with E-state index in [0.29, 0.717) is 6.42 Å². The van der Waals surface area contributed by atoms with Crippen molar-refractivity contribution in [3.63, 3.8) is 0 Å². The lowest BCUT2D eigenvalue weighted by atomic mass is 10.1. The van der Waals surface area contributed by atoms with Gasteiger partial charge in [-0.2, -0.15) is 0 Å². The number of benzene rings is 1. The van der Waals surface area contributed by atoms with Gasteiger partial charge in [0.1, 0.15) is 6.54 Å². The Kier molecular flexibility index (Phi) is 5.64. The van der Waals surface area contributed by atoms with Crippen LogP contribution < -0.4 is 0 Å². The molecule has 1 aromatic rings. The van der Waals surface area contributed by atoms with Crippen molar-refractivity contribution >= 4 is 21.7 Å². The van der Waals surface area contributed by atoms with E-state index in [-0.39, 0.29) is 41.9 Å². The summed E-state index contributed by atoms with van der Waals surface area (Å²) in [7, 11) is -1.44. The second-order valence-corrected chi connectivity index (χ2v) is 8.52. The first-order valence-electron chi connectivity index (χ1n) is 7.99. The van der Waals surface area contributed by atoms with Gasteiger partial charge in [0.25, 0.3) is 0 Å². The van der Waals surface area contributed by atoms with Gasteiger partial charge in [-0.05, 0) is 18.9 Å². The average Bonchev–Trinajstić information content (AvgIpc) is 2.91. The summed E-state index contributed by atoms with van der Waals surface area (Å²) in [4.78, 5) is 27.5. The Balaban J connectivity index is 2.07. The standard InChI is InChI=1S/C17H24N2O4S/c1-13(15-7-5-4-6-8-15)19(14(2)20)11-17(21)18(3)16-9-10-24(22,23)12-16/h4-8,13,16H,9-12H2,1-3H3. The first-order valence-corrected chi connectivity index (χ1v) is 9.81. The van der Waals surface area contributed by atoms with Crippen molar-refractivity contribution in [2.45, 2.75) is 32.4 Å². The second-order valence-electron chi connectivity index (χ2n) is 6.30. The molecule has 2 unspecified atom stereocenters. The molecule has 1 aliphatic rings. The molecule has 0 radical (unpaired) electrons. The molecule has 2 atom stereocenters. The van der Waals surface area contributed by atoms with Gasteiger partial charge in [-0.1, -0.05) is 30.3 Å². The Labute approximate surface area is 143 Å². The van der Waals surface area contributed by atoms with Gasteiger partial charge in [0.05, 0.1) is 17.5 Å². The Morgan fingerprint density at radius 2 is 1.88 bits per heavy atom. The molecule has 1 fully saturated rings. The van der Waals surface area contributed by atoms with E-state index in [0.717, 1.165) is 5.56 Å². The number of amides is 2. The molecule has 0 saturated carbocycles. The van der Waals surface area contributed by atoms with Crippen LogP contribution in [0.4, 0.5) is 0 Å². The molecule has 0 aromatic heterocycles. The van der Waals surface area contributed by atoms with Crippen LogP contribution in [0.1, 0.15) is 31.9 Å². The van der Waals surface area contributed by atoms with Crippen LogP contribution in [-0.2, 0) is 19.4 Å². The maximum Gasteiger partial charge on any atom is 0.242 e. The van der Waals surface area contributed by atoms with Gasteiger partial charge >= 0.3 is 0 Å². The number of hydrogen-bond acceptors (Lipinski definition) is 4. The second kappa shape index (κ2) is 7.34. The highest BCUT2D eigenvalue weighted by Gasteiger charge is 2.33. The lowest BCUT2D eigenvalue weighted by molar-refractivity contribution is -0.141. The molecule has 24 heavy (non-hydrogen) atoms. The Morgan fingerprint density at radius 3 is 2.38 bits per heavy atom. The maximum absolute atomic E-state index is 12.5. The summed E-state index contributed by atoms with van der Waals surface area (Å²) in [5.41, 5.74) is 0.951. The Morgan fingerprint density at radius 1 is 1.25 bits per heavy atom. The predicted molar refractivity (Wildman–Crippen MR) is 92.1 cm³/mol. The van der Waals surface area contributed by atoms with Crippen LogP contribution in [0, 0.1) is 0 Å². The molecule has 0 N–H and O–H groups in total. The van der Waals surface area contributed by atoms with Crippen molar-refractivity contribution in [2.75, 3.05) is 25.1 Å². The fourth-order valence-electron chi connectivity index (χ4n) is 2.97. The molecule has 132 valence electrons. The summed E-state index contributed by atoms with van der Waals surface area (Å²) in [5.74, 6) is -0.308. The van der Waals surface area contributed by atoms with Crippen molar-refractivity contribution < 1.29 is 18.0 Å². The van der Waals surface area contributed by atoms with E-state index in [9.17, 15) is 18.0 Å². The van der Waals surface area contributed by atoms with Crippen LogP contribution in [0.3, 0.4) is 0 Å². The minimum Gasteiger partial charge on any atom is -0.340 e. The van der Waals surface area contributed by atoms with Crippen molar-refractivity contribution in [1.82, 2.24) is 9.80 Å². The van der Waals surface area contributed by atoms with E-state index >= 15 is 0 Å². The van der Waals surface area contributed by atoms with Crippen LogP contribution in [0.15, 0.2) is 30.3 Å². The molecule has 2 rings (SSSR count). The van der Waals surface area contributed by atoms with E-state index in [1.54, 1.807) is 7.05 Å². The third-order valence-electron chi connectivity index (χ3n) is 4.61. The third kappa shape index (κ3) is 4.35. The number of hydrogen-bond donors (Lipinski definition) is 0. The lowest BCUT2D eigenvalue weighted by Gasteiger charge is -2.31. The number of carbonyl (C=O) groups is 2. The van der Waals surface area contributed by atoms with E-state index in [1.165, 1.54) is 16.7 Å². The molecule has 1 aromatic carbocycles. The first kappa shape index (κ1) is 18.4. The van der Waals surface area contributed by atoms with E-state index < -0.39 is 9.84 Å². The highest BCUT2D eigenvalue weighted by atomic mass is 32.2. The van der Waals surface area contributed by atoms with Crippen molar-refractivity contribution in [3.8, 4) is 0 Å². The van der Waals surface area contributed by atoms with Crippen LogP contribution in [0.5, 0.6) is 0 Å². The molecule has 0 aliphatic carbocycles. The summed E-state index contributed by atoms with van der Waals surface area (Å²) in [6.45, 7) is 3.26. The topological polar surface area (TPSA) is 74.8 Å². The zero-order valence-corrected chi connectivity index (χ0v) is 15.1. The lowest BCUT2D eigenvalue weighted by Crippen LogP contribution is -2.45. The first-order chi connectivity index (χ1) is 11.2. The highest BCUT2D eigenvalue weighted by Crippen LogP contribution is 2.21. The Hall–Kier alpha value is -1.89. The predicted octanol–water partition coefficient (Wildman–Crippen LogP) is 1.24. The molecule has 0 bridgehead atoms. The van der Waals surface area contributed by atoms with Gasteiger partial charge < -0.3 is 9.80 Å². The fraction of sp³-hybridized carbons (Fsp3) is 0.529. The molecule has 6 nitrogen and oxygen atoms in total. The van der Waals surface area contributed by atoms with Gasteiger partial charge in [0.2, 0.25) is 11.8 Å². The Bertz CT molecular complexity index is 703. The highest BCUT2D eigenvalue weighted by molar-refractivity contribution is 7.91. The summed E-state index contributed by atoms with van der Waals surface area (Å²) in [6, 6.07) is 8.98. The van der Waals surface area contributed by atoms with Crippen LogP contribution in [0.2, 0.25) is 0 Å². The van der Waals surface area contributed by atoms with Crippen molar-refractivity contribution in [1.29, 1.82) is 0 Å². The van der Waals surface area contributed by atoms with Gasteiger partial charge in [-0.15, -0.1) is 0 Å². The number of likely N-dealkylation sites (N-methyl/N-ethyl adjacent to an activating group) is 1. The molecule has 0 spiro atoms. The molecule has 1 saturated heterocycles. The van der Waals surface area contributed by atoms with Gasteiger partial charge in [0, 0.05) is 20.0 Å². The van der Waals surface area contributed by atoms with Crippen LogP contribution in [0.25, 0.3) is 0 Å². The number of nitrogens with zero attached hydrogens (tertiary/aromatic N) is 2. The molecule has 1 heterocycles. The van der Waals surface area contributed by atoms with Crippen LogP contribution >= 0.6 is 0 Å². The monoisotopic (exact) mass is 352 g/mol. The summed E-state index contributed by atoms with van der Waals surface area (Å²) >= 11 is 0. The molecular weight excluding hydrogens is 328 g/mol. The summed E-state index contributed by atoms with van der Waals surface area (Å²) in [5, 5.41) is 0. The molecule has 1 aliphatic heterocycles. The van der Waals surface area contributed by atoms with E-state index in [4.69, 9.17) is 0 Å². The quantitative estimate of drug-likeness (QED) is 0.799. The maximum atomic E-state index is 12.5. The number of carbonyl (C=O) groups excluding carboxylic acids is 2. The number of rotatable bonds is 5. The summed E-state index contributed by atoms with van der Waals surface area (Å²) < 4.78 is 23.2. The summed E-state index contributed by atoms with van der Waals surface area (Å²) in [6.07, 6.45) is 0.457. The fourth-order valence-corrected chi connectivity index (χ4v) is 4.75. The third-order valence-corrected chi connectivity index (χ3v) is 6.36. The smallest absolute Gasteiger partial charge is 0.242 e. The largest absolute Gasteiger partial charge is 0.340 e. The van der Waals surface area contributed by atoms with Crippen molar-refractivity contribution in [3.05, 3.63) is 35.9 Å². The van der Waals surface area contributed by atoms with Crippen molar-refractivity contribution in [2.24, 2.45) is 0 Å². The SMILES string of the molecule is CC(=O)N(CC(=O)N(C)C1CCS(=O)(=O)C1)C(C)c1ccccc1. The minimum absolute atomic E-state index is 0.00352. The number of sulfone groups is 1. The minimum atomic E-state index is -3.05.